The van der Waals surface area contributed by atoms with Crippen LogP contribution in [0.25, 0.3) is 0 Å². The Morgan fingerprint density at radius 2 is 1.81 bits per heavy atom. The van der Waals surface area contributed by atoms with Crippen LogP contribution in [0.3, 0.4) is 0 Å². The summed E-state index contributed by atoms with van der Waals surface area (Å²) in [6.07, 6.45) is -4.20. The Labute approximate surface area is 90.6 Å². The fourth-order valence-corrected chi connectivity index (χ4v) is 0.867. The van der Waals surface area contributed by atoms with Gasteiger partial charge >= 0.3 is 6.18 Å². The molecule has 0 radical (unpaired) electrons. The number of ketones is 1. The number of hydrogen-bond acceptors (Lipinski definition) is 1. The van der Waals surface area contributed by atoms with Crippen LogP contribution >= 0.6 is 0 Å². The first kappa shape index (κ1) is 12.1. The van der Waals surface area contributed by atoms with E-state index in [2.05, 4.69) is 11.8 Å². The lowest BCUT2D eigenvalue weighted by Crippen LogP contribution is -2.02. The molecule has 0 aliphatic heterocycles. The minimum Gasteiger partial charge on any atom is -0.280 e. The molecule has 0 unspecified atom stereocenters. The number of alkyl halides is 3. The Hall–Kier alpha value is -2.02. The molecule has 0 saturated carbocycles. The molecule has 0 fully saturated rings. The highest BCUT2D eigenvalue weighted by molar-refractivity contribution is 6.04. The van der Waals surface area contributed by atoms with Crippen LogP contribution in [0.15, 0.2) is 42.5 Å². The Kier molecular flexibility index (Phi) is 3.90. The highest BCUT2D eigenvalue weighted by atomic mass is 19.4. The minimum absolute atomic E-state index is 0.130. The number of halogens is 3. The molecule has 16 heavy (non-hydrogen) atoms. The van der Waals surface area contributed by atoms with Crippen molar-refractivity contribution in [2.45, 2.75) is 6.18 Å². The molecule has 0 aromatic heterocycles. The first-order valence-electron chi connectivity index (χ1n) is 4.34. The van der Waals surface area contributed by atoms with E-state index in [0.29, 0.717) is 11.6 Å². The van der Waals surface area contributed by atoms with Crippen LogP contribution in [0.4, 0.5) is 13.2 Å². The summed E-state index contributed by atoms with van der Waals surface area (Å²) in [5.74, 6) is 3.68. The maximum absolute atomic E-state index is 11.7. The Bertz CT molecular complexity index is 447. The summed E-state index contributed by atoms with van der Waals surface area (Å²) in [6, 6.07) is 8.54. The van der Waals surface area contributed by atoms with Crippen molar-refractivity contribution in [3.05, 3.63) is 48.0 Å². The summed E-state index contributed by atoms with van der Waals surface area (Å²) in [5, 5.41) is 0. The topological polar surface area (TPSA) is 17.1 Å². The molecule has 0 bridgehead atoms. The first-order chi connectivity index (χ1) is 7.47. The zero-order chi connectivity index (χ0) is 12.0. The molecule has 4 heteroatoms. The van der Waals surface area contributed by atoms with Gasteiger partial charge < -0.3 is 0 Å². The van der Waals surface area contributed by atoms with E-state index in [4.69, 9.17) is 0 Å². The van der Waals surface area contributed by atoms with E-state index in [1.54, 1.807) is 30.3 Å². The molecule has 0 N–H and O–H groups in total. The molecule has 1 nitrogen and oxygen atoms in total. The molecular formula is C12H7F3O. The molecule has 0 aliphatic rings. The van der Waals surface area contributed by atoms with Crippen LogP contribution in [-0.4, -0.2) is 12.0 Å². The maximum atomic E-state index is 11.7. The second-order valence-electron chi connectivity index (χ2n) is 2.86. The minimum atomic E-state index is -4.48. The van der Waals surface area contributed by atoms with E-state index in [0.717, 1.165) is 0 Å². The van der Waals surface area contributed by atoms with Crippen molar-refractivity contribution >= 4 is 5.78 Å². The van der Waals surface area contributed by atoms with Gasteiger partial charge in [0.1, 0.15) is 0 Å². The van der Waals surface area contributed by atoms with E-state index < -0.39 is 12.0 Å². The van der Waals surface area contributed by atoms with Crippen LogP contribution in [0, 0.1) is 11.8 Å². The largest absolute Gasteiger partial charge is 0.409 e. The van der Waals surface area contributed by atoms with Gasteiger partial charge in [-0.3, -0.25) is 4.79 Å². The summed E-state index contributed by atoms with van der Waals surface area (Å²) in [7, 11) is 0. The van der Waals surface area contributed by atoms with E-state index in [1.807, 2.05) is 0 Å². The fourth-order valence-electron chi connectivity index (χ4n) is 0.867. The van der Waals surface area contributed by atoms with Gasteiger partial charge in [-0.15, -0.1) is 0 Å². The molecule has 0 spiro atoms. The molecule has 0 amide bonds. The normalized spacial score (nSPS) is 10.9. The SMILES string of the molecule is O=C(C#Cc1ccccc1)/C=C/C(F)(F)F. The Morgan fingerprint density at radius 3 is 2.38 bits per heavy atom. The van der Waals surface area contributed by atoms with Crippen molar-refractivity contribution in [2.24, 2.45) is 0 Å². The summed E-state index contributed by atoms with van der Waals surface area (Å²) >= 11 is 0. The molecule has 0 heterocycles. The number of hydrogen-bond donors (Lipinski definition) is 0. The second-order valence-corrected chi connectivity index (χ2v) is 2.86. The summed E-state index contributed by atoms with van der Waals surface area (Å²) in [4.78, 5) is 10.9. The predicted molar refractivity (Wildman–Crippen MR) is 53.5 cm³/mol. The van der Waals surface area contributed by atoms with Crippen molar-refractivity contribution in [1.82, 2.24) is 0 Å². The molecule has 1 aromatic rings. The lowest BCUT2D eigenvalue weighted by atomic mass is 10.2. The number of benzene rings is 1. The molecule has 1 rings (SSSR count). The van der Waals surface area contributed by atoms with Gasteiger partial charge in [0.05, 0.1) is 0 Å². The van der Waals surface area contributed by atoms with Gasteiger partial charge in [-0.2, -0.15) is 13.2 Å². The highest BCUT2D eigenvalue weighted by Gasteiger charge is 2.22. The molecule has 1 aromatic carbocycles. The van der Waals surface area contributed by atoms with Gasteiger partial charge in [0.15, 0.2) is 0 Å². The van der Waals surface area contributed by atoms with Crippen LogP contribution in [0.5, 0.6) is 0 Å². The van der Waals surface area contributed by atoms with Crippen molar-refractivity contribution in [3.8, 4) is 11.8 Å². The van der Waals surface area contributed by atoms with Crippen LogP contribution < -0.4 is 0 Å². The molecular weight excluding hydrogens is 217 g/mol. The summed E-state index contributed by atoms with van der Waals surface area (Å²) in [5.41, 5.74) is 0.580. The van der Waals surface area contributed by atoms with Gasteiger partial charge in [-0.05, 0) is 24.1 Å². The monoisotopic (exact) mass is 224 g/mol. The molecule has 82 valence electrons. The third-order valence-electron chi connectivity index (χ3n) is 1.53. The van der Waals surface area contributed by atoms with Crippen molar-refractivity contribution in [3.63, 3.8) is 0 Å². The quantitative estimate of drug-likeness (QED) is 0.529. The highest BCUT2D eigenvalue weighted by Crippen LogP contribution is 2.15. The van der Waals surface area contributed by atoms with E-state index in [1.165, 1.54) is 0 Å². The smallest absolute Gasteiger partial charge is 0.280 e. The van der Waals surface area contributed by atoms with Gasteiger partial charge in [0.25, 0.3) is 0 Å². The fraction of sp³-hybridized carbons (Fsp3) is 0.0833. The number of rotatable bonds is 1. The number of carbonyl (C=O) groups is 1. The van der Waals surface area contributed by atoms with E-state index >= 15 is 0 Å². The Balaban J connectivity index is 2.66. The maximum Gasteiger partial charge on any atom is 0.409 e. The van der Waals surface area contributed by atoms with Crippen LogP contribution in [0.2, 0.25) is 0 Å². The zero-order valence-electron chi connectivity index (χ0n) is 8.08. The predicted octanol–water partition coefficient (Wildman–Crippen LogP) is 2.73. The standard InChI is InChI=1S/C12H7F3O/c13-12(14,15)9-8-11(16)7-6-10-4-2-1-3-5-10/h1-5,8-9H/b9-8+. The van der Waals surface area contributed by atoms with E-state index in [9.17, 15) is 18.0 Å². The molecule has 0 saturated heterocycles. The number of allylic oxidation sites excluding steroid dienone is 2. The van der Waals surface area contributed by atoms with Gasteiger partial charge in [-0.1, -0.05) is 24.1 Å². The van der Waals surface area contributed by atoms with Gasteiger partial charge in [0.2, 0.25) is 5.78 Å². The van der Waals surface area contributed by atoms with Gasteiger partial charge in [-0.25, -0.2) is 0 Å². The zero-order valence-corrected chi connectivity index (χ0v) is 8.08. The third-order valence-corrected chi connectivity index (χ3v) is 1.53. The molecule has 0 aliphatic carbocycles. The first-order valence-corrected chi connectivity index (χ1v) is 4.34. The lowest BCUT2D eigenvalue weighted by molar-refractivity contribution is -0.110. The molecule has 0 atom stereocenters. The van der Waals surface area contributed by atoms with Crippen molar-refractivity contribution in [1.29, 1.82) is 0 Å². The van der Waals surface area contributed by atoms with Crippen molar-refractivity contribution < 1.29 is 18.0 Å². The van der Waals surface area contributed by atoms with Crippen molar-refractivity contribution in [2.75, 3.05) is 0 Å². The summed E-state index contributed by atoms with van der Waals surface area (Å²) in [6.45, 7) is 0. The van der Waals surface area contributed by atoms with Crippen LogP contribution in [0.1, 0.15) is 5.56 Å². The number of carbonyl (C=O) groups excluding carboxylic acids is 1. The van der Waals surface area contributed by atoms with Crippen LogP contribution in [-0.2, 0) is 4.79 Å². The van der Waals surface area contributed by atoms with Gasteiger partial charge in [0, 0.05) is 11.6 Å². The average Bonchev–Trinajstić information content (AvgIpc) is 2.24. The third kappa shape index (κ3) is 5.01. The Morgan fingerprint density at radius 1 is 1.19 bits per heavy atom. The lowest BCUT2D eigenvalue weighted by Gasteiger charge is -1.94. The average molecular weight is 224 g/mol. The second kappa shape index (κ2) is 5.17. The summed E-state index contributed by atoms with van der Waals surface area (Å²) < 4.78 is 35.1. The van der Waals surface area contributed by atoms with E-state index in [-0.39, 0.29) is 6.08 Å².